The minimum Gasteiger partial charge on any atom is -0.447 e. The standard InChI is InChI=1S/C19H25ClN2O4/c1-19(2,3)26-17(23)21-9-7-15(8-10-21)22-16(12-25-18(22)24)13-5-4-6-14(20)11-13/h4-6,11,15-16H,7-10,12H2,1-3H3. The van der Waals surface area contributed by atoms with Crippen LogP contribution in [0.1, 0.15) is 45.2 Å². The molecule has 0 aliphatic carbocycles. The second-order valence-electron chi connectivity index (χ2n) is 7.75. The van der Waals surface area contributed by atoms with Crippen LogP contribution in [0.25, 0.3) is 0 Å². The monoisotopic (exact) mass is 380 g/mol. The fraction of sp³-hybridized carbons (Fsp3) is 0.579. The van der Waals surface area contributed by atoms with Crippen molar-refractivity contribution in [2.75, 3.05) is 19.7 Å². The van der Waals surface area contributed by atoms with Crippen molar-refractivity contribution in [2.24, 2.45) is 0 Å². The van der Waals surface area contributed by atoms with Crippen LogP contribution in [0.3, 0.4) is 0 Å². The molecule has 26 heavy (non-hydrogen) atoms. The highest BCUT2D eigenvalue weighted by Crippen LogP contribution is 2.34. The maximum absolute atomic E-state index is 12.3. The number of hydrogen-bond acceptors (Lipinski definition) is 4. The van der Waals surface area contributed by atoms with Gasteiger partial charge < -0.3 is 14.4 Å². The number of ether oxygens (including phenoxy) is 2. The summed E-state index contributed by atoms with van der Waals surface area (Å²) in [5.41, 5.74) is 0.461. The molecule has 2 fully saturated rings. The van der Waals surface area contributed by atoms with Gasteiger partial charge in [0.05, 0.1) is 6.04 Å². The Hall–Kier alpha value is -1.95. The first-order valence-corrected chi connectivity index (χ1v) is 9.31. The second-order valence-corrected chi connectivity index (χ2v) is 8.19. The van der Waals surface area contributed by atoms with E-state index in [0.717, 1.165) is 5.56 Å². The molecule has 0 bridgehead atoms. The van der Waals surface area contributed by atoms with E-state index in [1.165, 1.54) is 0 Å². The number of cyclic esters (lactones) is 1. The Balaban J connectivity index is 1.66. The van der Waals surface area contributed by atoms with Crippen LogP contribution in [0.15, 0.2) is 24.3 Å². The zero-order valence-electron chi connectivity index (χ0n) is 15.4. The highest BCUT2D eigenvalue weighted by Gasteiger charge is 2.41. The van der Waals surface area contributed by atoms with Gasteiger partial charge in [-0.2, -0.15) is 0 Å². The van der Waals surface area contributed by atoms with Crippen molar-refractivity contribution < 1.29 is 19.1 Å². The molecule has 0 spiro atoms. The Morgan fingerprint density at radius 3 is 2.58 bits per heavy atom. The average Bonchev–Trinajstić information content (AvgIpc) is 2.95. The molecule has 0 saturated carbocycles. The predicted molar refractivity (Wildman–Crippen MR) is 98.2 cm³/mol. The second kappa shape index (κ2) is 7.35. The molecular formula is C19H25ClN2O4. The Labute approximate surface area is 159 Å². The summed E-state index contributed by atoms with van der Waals surface area (Å²) in [5.74, 6) is 0. The first-order valence-electron chi connectivity index (χ1n) is 8.93. The number of carbonyl (C=O) groups excluding carboxylic acids is 2. The fourth-order valence-electron chi connectivity index (χ4n) is 3.46. The molecule has 142 valence electrons. The van der Waals surface area contributed by atoms with Crippen molar-refractivity contribution in [3.8, 4) is 0 Å². The third-order valence-corrected chi connectivity index (χ3v) is 4.89. The van der Waals surface area contributed by atoms with E-state index in [1.807, 2.05) is 45.0 Å². The van der Waals surface area contributed by atoms with Crippen molar-refractivity contribution in [3.05, 3.63) is 34.9 Å². The quantitative estimate of drug-likeness (QED) is 0.770. The summed E-state index contributed by atoms with van der Waals surface area (Å²) < 4.78 is 10.7. The molecule has 1 aromatic carbocycles. The average molecular weight is 381 g/mol. The van der Waals surface area contributed by atoms with Crippen LogP contribution in [-0.4, -0.2) is 53.3 Å². The summed E-state index contributed by atoms with van der Waals surface area (Å²) in [6.45, 7) is 7.01. The normalized spacial score (nSPS) is 21.7. The molecule has 2 aliphatic rings. The number of amides is 2. The third kappa shape index (κ3) is 4.23. The Morgan fingerprint density at radius 1 is 1.27 bits per heavy atom. The topological polar surface area (TPSA) is 59.1 Å². The number of benzene rings is 1. The lowest BCUT2D eigenvalue weighted by Crippen LogP contribution is -2.48. The molecule has 0 aromatic heterocycles. The molecule has 1 atom stereocenters. The Morgan fingerprint density at radius 2 is 1.96 bits per heavy atom. The molecule has 3 rings (SSSR count). The number of likely N-dealkylation sites (tertiary alicyclic amines) is 1. The highest BCUT2D eigenvalue weighted by molar-refractivity contribution is 6.30. The number of carbonyl (C=O) groups is 2. The Bertz CT molecular complexity index is 680. The van der Waals surface area contributed by atoms with Crippen molar-refractivity contribution in [3.63, 3.8) is 0 Å². The number of halogens is 1. The molecule has 2 amide bonds. The molecule has 0 radical (unpaired) electrons. The zero-order valence-corrected chi connectivity index (χ0v) is 16.2. The molecule has 7 heteroatoms. The van der Waals surface area contributed by atoms with E-state index in [-0.39, 0.29) is 24.3 Å². The van der Waals surface area contributed by atoms with Gasteiger partial charge in [0.1, 0.15) is 12.2 Å². The van der Waals surface area contributed by atoms with Gasteiger partial charge in [0.2, 0.25) is 0 Å². The molecule has 0 N–H and O–H groups in total. The number of hydrogen-bond donors (Lipinski definition) is 0. The van der Waals surface area contributed by atoms with Crippen LogP contribution in [0.4, 0.5) is 9.59 Å². The van der Waals surface area contributed by atoms with Crippen molar-refractivity contribution in [1.82, 2.24) is 9.80 Å². The van der Waals surface area contributed by atoms with Crippen LogP contribution < -0.4 is 0 Å². The van der Waals surface area contributed by atoms with Gasteiger partial charge in [0.25, 0.3) is 0 Å². The Kier molecular flexibility index (Phi) is 5.32. The van der Waals surface area contributed by atoms with Crippen molar-refractivity contribution in [1.29, 1.82) is 0 Å². The highest BCUT2D eigenvalue weighted by atomic mass is 35.5. The van der Waals surface area contributed by atoms with Crippen molar-refractivity contribution >= 4 is 23.8 Å². The lowest BCUT2D eigenvalue weighted by atomic mass is 9.99. The zero-order chi connectivity index (χ0) is 18.9. The maximum Gasteiger partial charge on any atom is 0.410 e. The largest absolute Gasteiger partial charge is 0.447 e. The molecule has 2 heterocycles. The first kappa shape index (κ1) is 18.8. The van der Waals surface area contributed by atoms with E-state index < -0.39 is 5.60 Å². The van der Waals surface area contributed by atoms with E-state index in [1.54, 1.807) is 9.80 Å². The molecular weight excluding hydrogens is 356 g/mol. The number of rotatable bonds is 2. The number of piperidine rings is 1. The summed E-state index contributed by atoms with van der Waals surface area (Å²) in [5, 5.41) is 0.640. The van der Waals surface area contributed by atoms with Crippen LogP contribution in [-0.2, 0) is 9.47 Å². The summed E-state index contributed by atoms with van der Waals surface area (Å²) in [6.07, 6.45) is 0.800. The van der Waals surface area contributed by atoms with Crippen LogP contribution >= 0.6 is 11.6 Å². The smallest absolute Gasteiger partial charge is 0.410 e. The first-order chi connectivity index (χ1) is 12.2. The maximum atomic E-state index is 12.3. The van der Waals surface area contributed by atoms with E-state index in [9.17, 15) is 9.59 Å². The van der Waals surface area contributed by atoms with Crippen LogP contribution in [0.5, 0.6) is 0 Å². The molecule has 1 unspecified atom stereocenters. The van der Waals surface area contributed by atoms with Gasteiger partial charge in [-0.15, -0.1) is 0 Å². The summed E-state index contributed by atoms with van der Waals surface area (Å²) in [4.78, 5) is 28.0. The third-order valence-electron chi connectivity index (χ3n) is 4.65. The molecule has 1 aromatic rings. The van der Waals surface area contributed by atoms with Crippen LogP contribution in [0.2, 0.25) is 5.02 Å². The van der Waals surface area contributed by atoms with E-state index >= 15 is 0 Å². The SMILES string of the molecule is CC(C)(C)OC(=O)N1CCC(N2C(=O)OCC2c2cccc(Cl)c2)CC1. The predicted octanol–water partition coefficient (Wildman–Crippen LogP) is 4.23. The molecule has 2 saturated heterocycles. The summed E-state index contributed by atoms with van der Waals surface area (Å²) >= 11 is 6.10. The summed E-state index contributed by atoms with van der Waals surface area (Å²) in [7, 11) is 0. The lowest BCUT2D eigenvalue weighted by Gasteiger charge is -2.38. The van der Waals surface area contributed by atoms with Gasteiger partial charge >= 0.3 is 12.2 Å². The van der Waals surface area contributed by atoms with Gasteiger partial charge in [0.15, 0.2) is 0 Å². The minimum absolute atomic E-state index is 0.0349. The van der Waals surface area contributed by atoms with Gasteiger partial charge in [-0.05, 0) is 51.3 Å². The summed E-state index contributed by atoms with van der Waals surface area (Å²) in [6, 6.07) is 7.42. The van der Waals surface area contributed by atoms with Crippen LogP contribution in [0, 0.1) is 0 Å². The van der Waals surface area contributed by atoms with E-state index in [4.69, 9.17) is 21.1 Å². The van der Waals surface area contributed by atoms with Gasteiger partial charge in [-0.1, -0.05) is 23.7 Å². The van der Waals surface area contributed by atoms with Crippen molar-refractivity contribution in [2.45, 2.75) is 51.3 Å². The van der Waals surface area contributed by atoms with E-state index in [0.29, 0.717) is 37.6 Å². The molecule has 6 nitrogen and oxygen atoms in total. The minimum atomic E-state index is -0.510. The van der Waals surface area contributed by atoms with E-state index in [2.05, 4.69) is 0 Å². The lowest BCUT2D eigenvalue weighted by molar-refractivity contribution is 0.0157. The number of nitrogens with zero attached hydrogens (tertiary/aromatic N) is 2. The van der Waals surface area contributed by atoms with Gasteiger partial charge in [-0.25, -0.2) is 9.59 Å². The molecule has 2 aliphatic heterocycles. The van der Waals surface area contributed by atoms with Gasteiger partial charge in [0, 0.05) is 24.2 Å². The van der Waals surface area contributed by atoms with Gasteiger partial charge in [-0.3, -0.25) is 4.90 Å². The fourth-order valence-corrected chi connectivity index (χ4v) is 3.66.